The van der Waals surface area contributed by atoms with Crippen molar-refractivity contribution in [3.05, 3.63) is 60.8 Å². The number of nitrogens with zero attached hydrogens (tertiary/aromatic N) is 1. The number of dihydropyridines is 1. The molecule has 0 bridgehead atoms. The number of hydrogen-bond donors (Lipinski definition) is 1. The van der Waals surface area contributed by atoms with Crippen molar-refractivity contribution in [2.24, 2.45) is 5.92 Å². The molecule has 4 rings (SSSR count). The molecule has 1 aromatic carbocycles. The van der Waals surface area contributed by atoms with Crippen molar-refractivity contribution < 1.29 is 8.42 Å². The van der Waals surface area contributed by atoms with Crippen LogP contribution in [-0.4, -0.2) is 32.1 Å². The maximum absolute atomic E-state index is 11.9. The second-order valence-corrected chi connectivity index (χ2v) is 11.7. The van der Waals surface area contributed by atoms with E-state index in [1.165, 1.54) is 28.5 Å². The van der Waals surface area contributed by atoms with Gasteiger partial charge in [-0.25, -0.2) is 12.7 Å². The fourth-order valence-corrected chi connectivity index (χ4v) is 6.72. The average Bonchev–Trinajstić information content (AvgIpc) is 2.78. The summed E-state index contributed by atoms with van der Waals surface area (Å²) >= 11 is 13.7. The molecule has 28 heavy (non-hydrogen) atoms. The number of aryl methyl sites for hydroxylation is 1. The molecule has 0 aromatic heterocycles. The van der Waals surface area contributed by atoms with E-state index < -0.39 is 10.0 Å². The van der Waals surface area contributed by atoms with E-state index >= 15 is 0 Å². The van der Waals surface area contributed by atoms with Gasteiger partial charge in [0.25, 0.3) is 0 Å². The van der Waals surface area contributed by atoms with Gasteiger partial charge in [0.2, 0.25) is 10.0 Å². The summed E-state index contributed by atoms with van der Waals surface area (Å²) in [7, 11) is -3.14. The molecule has 1 aliphatic carbocycles. The Morgan fingerprint density at radius 2 is 1.89 bits per heavy atom. The Labute approximate surface area is 188 Å². The third kappa shape index (κ3) is 4.01. The fraction of sp³-hybridized carbons (Fsp3) is 0.400. The van der Waals surface area contributed by atoms with Gasteiger partial charge < -0.3 is 5.32 Å². The summed E-state index contributed by atoms with van der Waals surface area (Å²) in [6.07, 6.45) is 8.90. The molecule has 1 N–H and O–H groups in total. The quantitative estimate of drug-likeness (QED) is 0.553. The molecular formula is C20H21Br2ClN2O2S. The summed E-state index contributed by atoms with van der Waals surface area (Å²) in [6.45, 7) is 1.11. The summed E-state index contributed by atoms with van der Waals surface area (Å²) in [5.41, 5.74) is 6.14. The molecule has 2 heterocycles. The first-order valence-electron chi connectivity index (χ1n) is 9.25. The van der Waals surface area contributed by atoms with Crippen LogP contribution in [0.1, 0.15) is 30.4 Å². The second kappa shape index (κ2) is 7.91. The van der Waals surface area contributed by atoms with Gasteiger partial charge in [-0.3, -0.25) is 0 Å². The standard InChI is InChI=1S/C20H21Br2ClN2O2S/c1-28(26,27)25-6-4-12(5-7-25)19-18-13(9-16(23)10-17(18)22)2-3-14-8-15(21)11-24-20(14)19/h8-12,24H,2-7H2,1H3. The van der Waals surface area contributed by atoms with Gasteiger partial charge in [-0.15, -0.1) is 0 Å². The lowest BCUT2D eigenvalue weighted by Gasteiger charge is -2.34. The Morgan fingerprint density at radius 1 is 1.18 bits per heavy atom. The van der Waals surface area contributed by atoms with Crippen LogP contribution in [0.5, 0.6) is 0 Å². The number of rotatable bonds is 2. The first-order chi connectivity index (χ1) is 13.2. The highest BCUT2D eigenvalue weighted by molar-refractivity contribution is 9.12. The Hall–Kier alpha value is -0.600. The van der Waals surface area contributed by atoms with E-state index in [0.717, 1.165) is 45.4 Å². The molecule has 0 unspecified atom stereocenters. The molecule has 2 aliphatic heterocycles. The van der Waals surface area contributed by atoms with Gasteiger partial charge in [-0.05, 0) is 88.0 Å². The third-order valence-electron chi connectivity index (χ3n) is 5.66. The van der Waals surface area contributed by atoms with Crippen LogP contribution in [0.15, 0.2) is 44.6 Å². The Kier molecular flexibility index (Phi) is 5.84. The van der Waals surface area contributed by atoms with Crippen LogP contribution >= 0.6 is 43.5 Å². The van der Waals surface area contributed by atoms with E-state index in [9.17, 15) is 8.42 Å². The van der Waals surface area contributed by atoms with E-state index in [0.29, 0.717) is 13.1 Å². The van der Waals surface area contributed by atoms with Crippen LogP contribution in [0, 0.1) is 5.92 Å². The molecule has 1 aromatic rings. The molecule has 8 heteroatoms. The monoisotopic (exact) mass is 546 g/mol. The van der Waals surface area contributed by atoms with Gasteiger partial charge in [0.15, 0.2) is 0 Å². The number of benzene rings is 1. The van der Waals surface area contributed by atoms with Crippen molar-refractivity contribution in [3.63, 3.8) is 0 Å². The molecule has 0 saturated carbocycles. The van der Waals surface area contributed by atoms with Crippen molar-refractivity contribution in [3.8, 4) is 0 Å². The zero-order chi connectivity index (χ0) is 20.1. The minimum Gasteiger partial charge on any atom is -0.360 e. The number of piperidine rings is 1. The van der Waals surface area contributed by atoms with Gasteiger partial charge >= 0.3 is 0 Å². The second-order valence-electron chi connectivity index (χ2n) is 7.49. The maximum atomic E-state index is 11.9. The molecular weight excluding hydrogens is 528 g/mol. The average molecular weight is 549 g/mol. The lowest BCUT2D eigenvalue weighted by Crippen LogP contribution is -2.38. The maximum Gasteiger partial charge on any atom is 0.211 e. The zero-order valence-electron chi connectivity index (χ0n) is 15.4. The summed E-state index contributed by atoms with van der Waals surface area (Å²) in [4.78, 5) is 0. The lowest BCUT2D eigenvalue weighted by atomic mass is 9.82. The van der Waals surface area contributed by atoms with Crippen molar-refractivity contribution in [1.82, 2.24) is 9.62 Å². The largest absolute Gasteiger partial charge is 0.360 e. The number of sulfonamides is 1. The van der Waals surface area contributed by atoms with Gasteiger partial charge in [0, 0.05) is 39.0 Å². The fourth-order valence-electron chi connectivity index (χ4n) is 4.37. The van der Waals surface area contributed by atoms with Crippen molar-refractivity contribution >= 4 is 59.1 Å². The Bertz CT molecular complexity index is 1020. The van der Waals surface area contributed by atoms with Crippen LogP contribution < -0.4 is 5.32 Å². The van der Waals surface area contributed by atoms with Gasteiger partial charge in [0.1, 0.15) is 0 Å². The van der Waals surface area contributed by atoms with Crippen LogP contribution in [0.4, 0.5) is 0 Å². The van der Waals surface area contributed by atoms with E-state index in [-0.39, 0.29) is 5.92 Å². The van der Waals surface area contributed by atoms with Crippen LogP contribution in [0.2, 0.25) is 5.02 Å². The lowest BCUT2D eigenvalue weighted by molar-refractivity contribution is 0.312. The van der Waals surface area contributed by atoms with Crippen molar-refractivity contribution in [2.75, 3.05) is 19.3 Å². The molecule has 0 spiro atoms. The SMILES string of the molecule is CS(=O)(=O)N1CCC(C2=C3NC=C(Br)C=C3CCc3cc(Cl)cc(Br)c32)CC1. The third-order valence-corrected chi connectivity index (χ3v) is 8.26. The highest BCUT2D eigenvalue weighted by atomic mass is 79.9. The minimum absolute atomic E-state index is 0.281. The van der Waals surface area contributed by atoms with Crippen LogP contribution in [0.25, 0.3) is 5.57 Å². The van der Waals surface area contributed by atoms with Crippen molar-refractivity contribution in [2.45, 2.75) is 25.7 Å². The summed E-state index contributed by atoms with van der Waals surface area (Å²) in [6, 6.07) is 4.02. The molecule has 0 radical (unpaired) electrons. The predicted molar refractivity (Wildman–Crippen MR) is 122 cm³/mol. The normalized spacial score (nSPS) is 21.3. The van der Waals surface area contributed by atoms with Crippen molar-refractivity contribution in [1.29, 1.82) is 0 Å². The highest BCUT2D eigenvalue weighted by Crippen LogP contribution is 2.45. The molecule has 150 valence electrons. The van der Waals surface area contributed by atoms with E-state index in [1.807, 2.05) is 12.3 Å². The molecule has 1 saturated heterocycles. The summed E-state index contributed by atoms with van der Waals surface area (Å²) in [5.74, 6) is 0.281. The number of halogens is 3. The Balaban J connectivity index is 1.81. The Morgan fingerprint density at radius 3 is 2.57 bits per heavy atom. The number of hydrogen-bond acceptors (Lipinski definition) is 3. The molecule has 1 fully saturated rings. The molecule has 0 atom stereocenters. The van der Waals surface area contributed by atoms with Crippen LogP contribution in [-0.2, 0) is 16.4 Å². The highest BCUT2D eigenvalue weighted by Gasteiger charge is 2.33. The summed E-state index contributed by atoms with van der Waals surface area (Å²) in [5, 5.41) is 4.23. The van der Waals surface area contributed by atoms with E-state index in [1.54, 1.807) is 4.31 Å². The molecule has 3 aliphatic rings. The smallest absolute Gasteiger partial charge is 0.211 e. The number of fused-ring (bicyclic) bond motifs is 2. The minimum atomic E-state index is -3.14. The topological polar surface area (TPSA) is 49.4 Å². The molecule has 4 nitrogen and oxygen atoms in total. The van der Waals surface area contributed by atoms with E-state index in [4.69, 9.17) is 11.6 Å². The summed E-state index contributed by atoms with van der Waals surface area (Å²) < 4.78 is 27.5. The van der Waals surface area contributed by atoms with Gasteiger partial charge in [-0.1, -0.05) is 27.5 Å². The number of nitrogens with one attached hydrogen (secondary N) is 1. The number of allylic oxidation sites excluding steroid dienone is 4. The molecule has 0 amide bonds. The predicted octanol–water partition coefficient (Wildman–Crippen LogP) is 5.20. The van der Waals surface area contributed by atoms with Gasteiger partial charge in [0.05, 0.1) is 6.26 Å². The zero-order valence-corrected chi connectivity index (χ0v) is 20.2. The van der Waals surface area contributed by atoms with E-state index in [2.05, 4.69) is 49.3 Å². The first-order valence-corrected chi connectivity index (χ1v) is 13.1. The first kappa shape index (κ1) is 20.7. The van der Waals surface area contributed by atoms with Gasteiger partial charge in [-0.2, -0.15) is 0 Å². The van der Waals surface area contributed by atoms with Crippen LogP contribution in [0.3, 0.4) is 0 Å².